The molecule has 1 aromatic rings. The maximum Gasteiger partial charge on any atom is 0.314 e. The first-order valence-corrected chi connectivity index (χ1v) is 6.01. The zero-order valence-corrected chi connectivity index (χ0v) is 10.2. The van der Waals surface area contributed by atoms with E-state index in [0.717, 1.165) is 12.8 Å². The maximum absolute atomic E-state index is 11.5. The normalized spacial score (nSPS) is 18.6. The molecule has 1 fully saturated rings. The Kier molecular flexibility index (Phi) is 3.13. The lowest BCUT2D eigenvalue weighted by atomic mass is 9.79. The second kappa shape index (κ2) is 4.27. The van der Waals surface area contributed by atoms with Gasteiger partial charge < -0.3 is 5.11 Å². The van der Waals surface area contributed by atoms with E-state index in [-0.39, 0.29) is 0 Å². The molecular formula is C12H12Cl2O2. The SMILES string of the molecule is O=C(O)C1(c2ccc(Cl)cc2Cl)CCCC1. The van der Waals surface area contributed by atoms with Gasteiger partial charge in [-0.25, -0.2) is 0 Å². The highest BCUT2D eigenvalue weighted by atomic mass is 35.5. The Bertz CT molecular complexity index is 423. The summed E-state index contributed by atoms with van der Waals surface area (Å²) >= 11 is 11.9. The number of benzene rings is 1. The Hall–Kier alpha value is -0.730. The summed E-state index contributed by atoms with van der Waals surface area (Å²) < 4.78 is 0. The van der Waals surface area contributed by atoms with Gasteiger partial charge in [0, 0.05) is 10.0 Å². The highest BCUT2D eigenvalue weighted by Crippen LogP contribution is 2.44. The molecule has 86 valence electrons. The van der Waals surface area contributed by atoms with E-state index in [9.17, 15) is 9.90 Å². The van der Waals surface area contributed by atoms with Crippen molar-refractivity contribution in [2.24, 2.45) is 0 Å². The van der Waals surface area contributed by atoms with Gasteiger partial charge >= 0.3 is 5.97 Å². The molecule has 2 nitrogen and oxygen atoms in total. The van der Waals surface area contributed by atoms with E-state index in [2.05, 4.69) is 0 Å². The molecule has 0 amide bonds. The van der Waals surface area contributed by atoms with E-state index in [1.54, 1.807) is 18.2 Å². The fraction of sp³-hybridized carbons (Fsp3) is 0.417. The molecule has 0 aliphatic heterocycles. The zero-order chi connectivity index (χ0) is 11.8. The molecule has 0 heterocycles. The largest absolute Gasteiger partial charge is 0.481 e. The summed E-state index contributed by atoms with van der Waals surface area (Å²) in [5.74, 6) is -0.783. The van der Waals surface area contributed by atoms with Crippen LogP contribution in [0.2, 0.25) is 10.0 Å². The lowest BCUT2D eigenvalue weighted by Crippen LogP contribution is -2.32. The Morgan fingerprint density at radius 1 is 1.25 bits per heavy atom. The number of aliphatic carboxylic acids is 1. The maximum atomic E-state index is 11.5. The third-order valence-corrected chi connectivity index (χ3v) is 3.86. The van der Waals surface area contributed by atoms with Crippen molar-refractivity contribution in [3.05, 3.63) is 33.8 Å². The summed E-state index contributed by atoms with van der Waals surface area (Å²) in [5.41, 5.74) is -0.106. The zero-order valence-electron chi connectivity index (χ0n) is 8.67. The molecule has 0 saturated heterocycles. The van der Waals surface area contributed by atoms with Crippen LogP contribution in [0.1, 0.15) is 31.2 Å². The molecule has 0 atom stereocenters. The van der Waals surface area contributed by atoms with Gasteiger partial charge in [-0.1, -0.05) is 42.1 Å². The minimum absolute atomic E-state index is 0.455. The Balaban J connectivity index is 2.51. The van der Waals surface area contributed by atoms with Crippen molar-refractivity contribution in [1.29, 1.82) is 0 Å². The number of rotatable bonds is 2. The van der Waals surface area contributed by atoms with Crippen LogP contribution in [0.25, 0.3) is 0 Å². The van der Waals surface area contributed by atoms with Crippen molar-refractivity contribution in [3.63, 3.8) is 0 Å². The molecule has 0 bridgehead atoms. The van der Waals surface area contributed by atoms with E-state index in [0.29, 0.717) is 28.5 Å². The summed E-state index contributed by atoms with van der Waals surface area (Å²) in [6, 6.07) is 5.05. The van der Waals surface area contributed by atoms with E-state index >= 15 is 0 Å². The van der Waals surface area contributed by atoms with Crippen LogP contribution in [0, 0.1) is 0 Å². The molecule has 2 rings (SSSR count). The lowest BCUT2D eigenvalue weighted by molar-refractivity contribution is -0.143. The molecule has 0 aromatic heterocycles. The topological polar surface area (TPSA) is 37.3 Å². The van der Waals surface area contributed by atoms with Gasteiger partial charge in [-0.05, 0) is 30.5 Å². The first kappa shape index (κ1) is 11.7. The smallest absolute Gasteiger partial charge is 0.314 e. The molecule has 0 radical (unpaired) electrons. The first-order valence-electron chi connectivity index (χ1n) is 5.25. The van der Waals surface area contributed by atoms with Gasteiger partial charge in [-0.2, -0.15) is 0 Å². The van der Waals surface area contributed by atoms with Crippen LogP contribution in [0.15, 0.2) is 18.2 Å². The molecule has 0 unspecified atom stereocenters. The predicted octanol–water partition coefficient (Wildman–Crippen LogP) is 3.89. The van der Waals surface area contributed by atoms with Gasteiger partial charge in [-0.3, -0.25) is 4.79 Å². The van der Waals surface area contributed by atoms with Gasteiger partial charge in [0.15, 0.2) is 0 Å². The summed E-state index contributed by atoms with van der Waals surface area (Å²) in [4.78, 5) is 11.5. The van der Waals surface area contributed by atoms with E-state index in [4.69, 9.17) is 23.2 Å². The highest BCUT2D eigenvalue weighted by Gasteiger charge is 2.44. The van der Waals surface area contributed by atoms with Gasteiger partial charge in [0.1, 0.15) is 0 Å². The molecular weight excluding hydrogens is 247 g/mol. The number of carboxylic acid groups (broad SMARTS) is 1. The molecule has 1 aromatic carbocycles. The second-order valence-electron chi connectivity index (χ2n) is 4.22. The van der Waals surface area contributed by atoms with Crippen LogP contribution in [0.5, 0.6) is 0 Å². The molecule has 1 N–H and O–H groups in total. The van der Waals surface area contributed by atoms with Crippen molar-refractivity contribution in [1.82, 2.24) is 0 Å². The summed E-state index contributed by atoms with van der Waals surface area (Å²) in [6.07, 6.45) is 3.18. The van der Waals surface area contributed by atoms with E-state index < -0.39 is 11.4 Å². The first-order chi connectivity index (χ1) is 7.56. The van der Waals surface area contributed by atoms with Crippen molar-refractivity contribution in [2.45, 2.75) is 31.1 Å². The van der Waals surface area contributed by atoms with Crippen molar-refractivity contribution < 1.29 is 9.90 Å². The molecule has 1 aliphatic rings. The van der Waals surface area contributed by atoms with E-state index in [1.165, 1.54) is 0 Å². The Morgan fingerprint density at radius 2 is 1.88 bits per heavy atom. The van der Waals surface area contributed by atoms with Crippen LogP contribution in [0.3, 0.4) is 0 Å². The van der Waals surface area contributed by atoms with Gasteiger partial charge in [0.25, 0.3) is 0 Å². The van der Waals surface area contributed by atoms with Crippen molar-refractivity contribution in [3.8, 4) is 0 Å². The van der Waals surface area contributed by atoms with Crippen molar-refractivity contribution >= 4 is 29.2 Å². The highest BCUT2D eigenvalue weighted by molar-refractivity contribution is 6.35. The van der Waals surface area contributed by atoms with Gasteiger partial charge in [-0.15, -0.1) is 0 Å². The third kappa shape index (κ3) is 1.80. The quantitative estimate of drug-likeness (QED) is 0.874. The van der Waals surface area contributed by atoms with E-state index in [1.807, 2.05) is 0 Å². The summed E-state index contributed by atoms with van der Waals surface area (Å²) in [6.45, 7) is 0. The number of carbonyl (C=O) groups is 1. The standard InChI is InChI=1S/C12H12Cl2O2/c13-8-3-4-9(10(14)7-8)12(11(15)16)5-1-2-6-12/h3-4,7H,1-2,5-6H2,(H,15,16). The lowest BCUT2D eigenvalue weighted by Gasteiger charge is -2.25. The minimum atomic E-state index is -0.804. The van der Waals surface area contributed by atoms with Crippen LogP contribution >= 0.6 is 23.2 Å². The number of hydrogen-bond acceptors (Lipinski definition) is 1. The van der Waals surface area contributed by atoms with Crippen molar-refractivity contribution in [2.75, 3.05) is 0 Å². The average molecular weight is 259 g/mol. The number of halogens is 2. The fourth-order valence-corrected chi connectivity index (χ4v) is 3.04. The van der Waals surface area contributed by atoms with Gasteiger partial charge in [0.2, 0.25) is 0 Å². The molecule has 0 spiro atoms. The summed E-state index contributed by atoms with van der Waals surface area (Å²) in [5, 5.41) is 10.4. The van der Waals surface area contributed by atoms with Crippen LogP contribution in [-0.4, -0.2) is 11.1 Å². The predicted molar refractivity (Wildman–Crippen MR) is 64.2 cm³/mol. The van der Waals surface area contributed by atoms with Crippen LogP contribution in [-0.2, 0) is 10.2 Å². The molecule has 1 aliphatic carbocycles. The fourth-order valence-electron chi connectivity index (χ4n) is 2.45. The second-order valence-corrected chi connectivity index (χ2v) is 5.06. The monoisotopic (exact) mass is 258 g/mol. The average Bonchev–Trinajstić information content (AvgIpc) is 2.67. The summed E-state index contributed by atoms with van der Waals surface area (Å²) in [7, 11) is 0. The van der Waals surface area contributed by atoms with Crippen LogP contribution < -0.4 is 0 Å². The third-order valence-electron chi connectivity index (χ3n) is 3.31. The number of carboxylic acids is 1. The molecule has 1 saturated carbocycles. The molecule has 16 heavy (non-hydrogen) atoms. The Morgan fingerprint density at radius 3 is 2.38 bits per heavy atom. The van der Waals surface area contributed by atoms with Gasteiger partial charge in [0.05, 0.1) is 5.41 Å². The van der Waals surface area contributed by atoms with Crippen LogP contribution in [0.4, 0.5) is 0 Å². The minimum Gasteiger partial charge on any atom is -0.481 e. The molecule has 4 heteroatoms. The number of hydrogen-bond donors (Lipinski definition) is 1. The Labute approximate surface area is 104 Å².